The number of nitrogens with one attached hydrogen (secondary N) is 1. The number of piperidine rings is 1. The summed E-state index contributed by atoms with van der Waals surface area (Å²) in [7, 11) is -7.54. The topological polar surface area (TPSA) is 113 Å². The molecule has 3 rings (SSSR count). The van der Waals surface area contributed by atoms with E-state index in [2.05, 4.69) is 5.32 Å². The molecule has 1 atom stereocenters. The molecule has 1 N–H and O–H groups in total. The fraction of sp³-hybridized carbons (Fsp3) is 0.435. The van der Waals surface area contributed by atoms with Crippen LogP contribution in [-0.2, 0) is 24.8 Å². The third kappa shape index (κ3) is 6.71. The monoisotopic (exact) mass is 545 g/mol. The van der Waals surface area contributed by atoms with E-state index in [9.17, 15) is 30.4 Å². The lowest BCUT2D eigenvalue weighted by atomic mass is 10.2. The molecule has 2 aromatic rings. The summed E-state index contributed by atoms with van der Waals surface area (Å²) in [6, 6.07) is 7.29. The van der Waals surface area contributed by atoms with Crippen LogP contribution in [0.4, 0.5) is 14.5 Å². The maximum absolute atomic E-state index is 13.6. The Labute approximate surface area is 210 Å². The van der Waals surface area contributed by atoms with Gasteiger partial charge in [-0.1, -0.05) is 6.42 Å². The molecule has 0 radical (unpaired) electrons. The zero-order valence-corrected chi connectivity index (χ0v) is 21.6. The van der Waals surface area contributed by atoms with Gasteiger partial charge in [-0.3, -0.25) is 9.10 Å². The van der Waals surface area contributed by atoms with Crippen LogP contribution in [-0.4, -0.2) is 65.6 Å². The van der Waals surface area contributed by atoms with Crippen molar-refractivity contribution in [1.82, 2.24) is 9.62 Å². The Balaban J connectivity index is 1.55. The van der Waals surface area contributed by atoms with Gasteiger partial charge in [0.1, 0.15) is 18.4 Å². The number of nitrogens with zero attached hydrogens (tertiary/aromatic N) is 2. The van der Waals surface area contributed by atoms with Gasteiger partial charge in [-0.2, -0.15) is 4.31 Å². The number of anilines is 1. The molecular weight excluding hydrogens is 516 g/mol. The molecule has 1 heterocycles. The van der Waals surface area contributed by atoms with Crippen molar-refractivity contribution in [2.24, 2.45) is 0 Å². The Morgan fingerprint density at radius 2 is 1.67 bits per heavy atom. The van der Waals surface area contributed by atoms with Gasteiger partial charge in [0, 0.05) is 19.2 Å². The van der Waals surface area contributed by atoms with Crippen LogP contribution < -0.4 is 14.4 Å². The molecule has 9 nitrogen and oxygen atoms in total. The second kappa shape index (κ2) is 11.5. The van der Waals surface area contributed by atoms with Crippen molar-refractivity contribution in [2.45, 2.75) is 37.1 Å². The first kappa shape index (κ1) is 27.8. The number of rotatable bonds is 10. The molecule has 0 saturated carbocycles. The Morgan fingerprint density at radius 3 is 2.25 bits per heavy atom. The highest BCUT2D eigenvalue weighted by Gasteiger charge is 2.30. The summed E-state index contributed by atoms with van der Waals surface area (Å²) in [5.41, 5.74) is -0.185. The molecule has 0 aromatic heterocycles. The average molecular weight is 546 g/mol. The number of halogens is 2. The van der Waals surface area contributed by atoms with Crippen molar-refractivity contribution < 1.29 is 35.1 Å². The Morgan fingerprint density at radius 1 is 1.03 bits per heavy atom. The van der Waals surface area contributed by atoms with E-state index in [1.165, 1.54) is 35.5 Å². The summed E-state index contributed by atoms with van der Waals surface area (Å²) in [6.45, 7) is 2.38. The molecule has 1 aliphatic rings. The predicted octanol–water partition coefficient (Wildman–Crippen LogP) is 2.49. The predicted molar refractivity (Wildman–Crippen MR) is 131 cm³/mol. The van der Waals surface area contributed by atoms with Gasteiger partial charge in [0.15, 0.2) is 11.6 Å². The maximum atomic E-state index is 13.6. The van der Waals surface area contributed by atoms with E-state index in [0.29, 0.717) is 29.2 Å². The molecule has 1 amide bonds. The number of sulfonamides is 2. The Kier molecular flexibility index (Phi) is 8.90. The summed E-state index contributed by atoms with van der Waals surface area (Å²) in [4.78, 5) is 12.7. The maximum Gasteiger partial charge on any atom is 0.243 e. The first-order chi connectivity index (χ1) is 16.9. The second-order valence-corrected chi connectivity index (χ2v) is 12.2. The molecule has 13 heteroatoms. The van der Waals surface area contributed by atoms with Gasteiger partial charge in [-0.15, -0.1) is 0 Å². The quantitative estimate of drug-likeness (QED) is 0.459. The van der Waals surface area contributed by atoms with Gasteiger partial charge in [-0.25, -0.2) is 25.6 Å². The van der Waals surface area contributed by atoms with Crippen molar-refractivity contribution in [1.29, 1.82) is 0 Å². The number of carbonyl (C=O) groups is 1. The van der Waals surface area contributed by atoms with E-state index in [0.717, 1.165) is 37.7 Å². The molecule has 0 unspecified atom stereocenters. The number of carbonyl (C=O) groups excluding carboxylic acids is 1. The fourth-order valence-electron chi connectivity index (χ4n) is 3.88. The number of hydrogen-bond acceptors (Lipinski definition) is 6. The molecular formula is C23H29F2N3O6S2. The summed E-state index contributed by atoms with van der Waals surface area (Å²) < 4.78 is 84.5. The minimum absolute atomic E-state index is 0.0202. The third-order valence-corrected chi connectivity index (χ3v) is 8.85. The first-order valence-corrected chi connectivity index (χ1v) is 14.7. The lowest BCUT2D eigenvalue weighted by Crippen LogP contribution is -2.48. The molecule has 0 aliphatic carbocycles. The molecule has 2 aromatic carbocycles. The lowest BCUT2D eigenvalue weighted by Gasteiger charge is -2.28. The SMILES string of the molecule is C[C@H](C(=O)NCCOc1ccc(S(=O)(=O)N2CCCCC2)cc1)N(c1ccc(F)c(F)c1)S(C)(=O)=O. The van der Waals surface area contributed by atoms with E-state index >= 15 is 0 Å². The van der Waals surface area contributed by atoms with Crippen LogP contribution in [0.25, 0.3) is 0 Å². The highest BCUT2D eigenvalue weighted by atomic mass is 32.2. The van der Waals surface area contributed by atoms with Crippen LogP contribution in [0.1, 0.15) is 26.2 Å². The molecule has 1 saturated heterocycles. The van der Waals surface area contributed by atoms with Crippen LogP contribution >= 0.6 is 0 Å². The molecule has 0 spiro atoms. The average Bonchev–Trinajstić information content (AvgIpc) is 2.84. The van der Waals surface area contributed by atoms with Crippen LogP contribution in [0.15, 0.2) is 47.4 Å². The van der Waals surface area contributed by atoms with Crippen LogP contribution in [0.2, 0.25) is 0 Å². The highest BCUT2D eigenvalue weighted by Crippen LogP contribution is 2.24. The van der Waals surface area contributed by atoms with Gasteiger partial charge >= 0.3 is 0 Å². The zero-order valence-electron chi connectivity index (χ0n) is 20.0. The summed E-state index contributed by atoms with van der Waals surface area (Å²) in [5, 5.41) is 2.54. The number of hydrogen-bond donors (Lipinski definition) is 1. The van der Waals surface area contributed by atoms with Crippen molar-refractivity contribution >= 4 is 31.6 Å². The molecule has 1 aliphatic heterocycles. The van der Waals surface area contributed by atoms with Gasteiger partial charge in [-0.05, 0) is 56.2 Å². The van der Waals surface area contributed by atoms with Crippen molar-refractivity contribution in [3.63, 3.8) is 0 Å². The van der Waals surface area contributed by atoms with E-state index in [1.807, 2.05) is 0 Å². The van der Waals surface area contributed by atoms with Gasteiger partial charge in [0.2, 0.25) is 26.0 Å². The largest absolute Gasteiger partial charge is 0.492 e. The normalized spacial score (nSPS) is 15.8. The van der Waals surface area contributed by atoms with E-state index in [1.54, 1.807) is 0 Å². The minimum Gasteiger partial charge on any atom is -0.492 e. The minimum atomic E-state index is -3.99. The Bertz CT molecular complexity index is 1280. The van der Waals surface area contributed by atoms with Crippen molar-refractivity contribution in [2.75, 3.05) is 36.8 Å². The van der Waals surface area contributed by atoms with Crippen LogP contribution in [0, 0.1) is 11.6 Å². The van der Waals surface area contributed by atoms with Crippen LogP contribution in [0.3, 0.4) is 0 Å². The van der Waals surface area contributed by atoms with Gasteiger partial charge in [0.05, 0.1) is 23.4 Å². The Hall–Kier alpha value is -2.77. The van der Waals surface area contributed by atoms with Gasteiger partial charge in [0.25, 0.3) is 0 Å². The molecule has 0 bridgehead atoms. The van der Waals surface area contributed by atoms with Crippen LogP contribution in [0.5, 0.6) is 5.75 Å². The van der Waals surface area contributed by atoms with Crippen molar-refractivity contribution in [3.8, 4) is 5.75 Å². The zero-order chi connectivity index (χ0) is 26.5. The lowest BCUT2D eigenvalue weighted by molar-refractivity contribution is -0.121. The molecule has 1 fully saturated rings. The van der Waals surface area contributed by atoms with Crippen molar-refractivity contribution in [3.05, 3.63) is 54.1 Å². The van der Waals surface area contributed by atoms with E-state index < -0.39 is 43.6 Å². The van der Waals surface area contributed by atoms with Gasteiger partial charge < -0.3 is 10.1 Å². The number of ether oxygens (including phenoxy) is 1. The fourth-order valence-corrected chi connectivity index (χ4v) is 6.57. The second-order valence-electron chi connectivity index (χ2n) is 8.41. The summed E-state index contributed by atoms with van der Waals surface area (Å²) >= 11 is 0. The summed E-state index contributed by atoms with van der Waals surface area (Å²) in [5.74, 6) is -2.65. The smallest absolute Gasteiger partial charge is 0.243 e. The molecule has 198 valence electrons. The third-order valence-electron chi connectivity index (χ3n) is 5.69. The number of amides is 1. The van der Waals surface area contributed by atoms with E-state index in [4.69, 9.17) is 4.74 Å². The highest BCUT2D eigenvalue weighted by molar-refractivity contribution is 7.92. The van der Waals surface area contributed by atoms with E-state index in [-0.39, 0.29) is 23.7 Å². The number of benzene rings is 2. The standard InChI is InChI=1S/C23H29F2N3O6S2/c1-17(28(35(2,30)31)18-6-11-21(24)22(25)16-18)23(29)26-12-15-34-19-7-9-20(10-8-19)36(32,33)27-13-4-3-5-14-27/h6-11,16-17H,3-5,12-15H2,1-2H3,(H,26,29)/t17-/m1/s1. The summed E-state index contributed by atoms with van der Waals surface area (Å²) in [6.07, 6.45) is 3.56. The molecule has 36 heavy (non-hydrogen) atoms. The first-order valence-electron chi connectivity index (χ1n) is 11.4.